The van der Waals surface area contributed by atoms with Crippen LogP contribution in [0.3, 0.4) is 0 Å². The van der Waals surface area contributed by atoms with Gasteiger partial charge in [0.25, 0.3) is 0 Å². The van der Waals surface area contributed by atoms with E-state index in [1.54, 1.807) is 6.08 Å². The Morgan fingerprint density at radius 1 is 0.750 bits per heavy atom. The van der Waals surface area contributed by atoms with E-state index in [1.165, 1.54) is 63.9 Å². The lowest BCUT2D eigenvalue weighted by atomic mass is 10.1. The molecule has 0 spiro atoms. The van der Waals surface area contributed by atoms with E-state index < -0.39 is 5.97 Å². The molecular formula is C18H32O2. The SMILES string of the molecule is CCC=CCCCCCCCCCCCC=CC(=O)O. The normalized spacial score (nSPS) is 11.7. The van der Waals surface area contributed by atoms with E-state index in [0.717, 1.165) is 19.3 Å². The van der Waals surface area contributed by atoms with Crippen molar-refractivity contribution in [2.75, 3.05) is 0 Å². The molecule has 116 valence electrons. The Morgan fingerprint density at radius 2 is 1.20 bits per heavy atom. The standard InChI is InChI=1S/C18H32O2/c1-2-3-4-5-6-7-8-9-10-11-12-13-14-15-16-17-18(19)20/h3-4,16-17H,2,5-15H2,1H3,(H,19,20). The van der Waals surface area contributed by atoms with Crippen molar-refractivity contribution in [2.45, 2.75) is 84.0 Å². The number of unbranched alkanes of at least 4 members (excludes halogenated alkanes) is 10. The highest BCUT2D eigenvalue weighted by atomic mass is 16.4. The van der Waals surface area contributed by atoms with Gasteiger partial charge in [0.2, 0.25) is 0 Å². The molecule has 0 saturated carbocycles. The maximum absolute atomic E-state index is 10.2. The Hall–Kier alpha value is -1.05. The van der Waals surface area contributed by atoms with Gasteiger partial charge in [-0.25, -0.2) is 4.79 Å². The van der Waals surface area contributed by atoms with Crippen molar-refractivity contribution in [1.82, 2.24) is 0 Å². The Bertz CT molecular complexity index is 267. The van der Waals surface area contributed by atoms with Crippen LogP contribution in [-0.4, -0.2) is 11.1 Å². The molecule has 0 radical (unpaired) electrons. The molecule has 2 heteroatoms. The van der Waals surface area contributed by atoms with Gasteiger partial charge in [0.1, 0.15) is 0 Å². The Morgan fingerprint density at radius 3 is 1.65 bits per heavy atom. The summed E-state index contributed by atoms with van der Waals surface area (Å²) in [6.45, 7) is 2.18. The van der Waals surface area contributed by atoms with Gasteiger partial charge in [-0.2, -0.15) is 0 Å². The predicted octanol–water partition coefficient (Wildman–Crippen LogP) is 5.88. The fourth-order valence-electron chi connectivity index (χ4n) is 2.23. The van der Waals surface area contributed by atoms with Crippen LogP contribution in [-0.2, 0) is 4.79 Å². The Labute approximate surface area is 125 Å². The Balaban J connectivity index is 3.06. The van der Waals surface area contributed by atoms with Crippen LogP contribution in [0.25, 0.3) is 0 Å². The van der Waals surface area contributed by atoms with Crippen molar-refractivity contribution >= 4 is 5.97 Å². The van der Waals surface area contributed by atoms with Gasteiger partial charge in [0.05, 0.1) is 0 Å². The summed E-state index contributed by atoms with van der Waals surface area (Å²) in [6.07, 6.45) is 22.7. The second-order valence-electron chi connectivity index (χ2n) is 5.38. The largest absolute Gasteiger partial charge is 0.478 e. The second-order valence-corrected chi connectivity index (χ2v) is 5.38. The summed E-state index contributed by atoms with van der Waals surface area (Å²) < 4.78 is 0. The van der Waals surface area contributed by atoms with Gasteiger partial charge in [-0.1, -0.05) is 70.1 Å². The third-order valence-electron chi connectivity index (χ3n) is 3.40. The monoisotopic (exact) mass is 280 g/mol. The third-order valence-corrected chi connectivity index (χ3v) is 3.40. The van der Waals surface area contributed by atoms with Crippen LogP contribution >= 0.6 is 0 Å². The summed E-state index contributed by atoms with van der Waals surface area (Å²) >= 11 is 0. The summed E-state index contributed by atoms with van der Waals surface area (Å²) in [7, 11) is 0. The number of carboxylic acids is 1. The highest BCUT2D eigenvalue weighted by molar-refractivity contribution is 5.79. The summed E-state index contributed by atoms with van der Waals surface area (Å²) in [6, 6.07) is 0. The molecule has 0 aromatic carbocycles. The molecule has 0 bridgehead atoms. The van der Waals surface area contributed by atoms with Gasteiger partial charge in [-0.15, -0.1) is 0 Å². The molecule has 1 N–H and O–H groups in total. The highest BCUT2D eigenvalue weighted by Crippen LogP contribution is 2.11. The zero-order valence-electron chi connectivity index (χ0n) is 13.2. The number of allylic oxidation sites excluding steroid dienone is 3. The van der Waals surface area contributed by atoms with E-state index in [4.69, 9.17) is 5.11 Å². The van der Waals surface area contributed by atoms with Crippen molar-refractivity contribution in [3.63, 3.8) is 0 Å². The number of carboxylic acid groups (broad SMARTS) is 1. The summed E-state index contributed by atoms with van der Waals surface area (Å²) in [4.78, 5) is 10.2. The quantitative estimate of drug-likeness (QED) is 0.245. The molecule has 0 aliphatic rings. The van der Waals surface area contributed by atoms with Gasteiger partial charge < -0.3 is 5.11 Å². The first-order chi connectivity index (χ1) is 9.77. The molecule has 0 aromatic heterocycles. The summed E-state index contributed by atoms with van der Waals surface area (Å²) in [5.74, 6) is -0.838. The fourth-order valence-corrected chi connectivity index (χ4v) is 2.23. The van der Waals surface area contributed by atoms with Crippen LogP contribution in [0.15, 0.2) is 24.3 Å². The van der Waals surface area contributed by atoms with Crippen LogP contribution in [0.2, 0.25) is 0 Å². The van der Waals surface area contributed by atoms with Gasteiger partial charge in [0, 0.05) is 6.08 Å². The minimum Gasteiger partial charge on any atom is -0.478 e. The van der Waals surface area contributed by atoms with E-state index in [9.17, 15) is 4.79 Å². The summed E-state index contributed by atoms with van der Waals surface area (Å²) in [5, 5.41) is 8.43. The average Bonchev–Trinajstić information content (AvgIpc) is 2.43. The van der Waals surface area contributed by atoms with Gasteiger partial charge >= 0.3 is 5.97 Å². The van der Waals surface area contributed by atoms with E-state index in [2.05, 4.69) is 19.1 Å². The van der Waals surface area contributed by atoms with Crippen molar-refractivity contribution in [2.24, 2.45) is 0 Å². The number of hydrogen-bond donors (Lipinski definition) is 1. The number of carbonyl (C=O) groups is 1. The minimum absolute atomic E-state index is 0.838. The zero-order valence-corrected chi connectivity index (χ0v) is 13.2. The molecule has 0 aliphatic heterocycles. The first-order valence-corrected chi connectivity index (χ1v) is 8.31. The second kappa shape index (κ2) is 16.0. The van der Waals surface area contributed by atoms with Gasteiger partial charge in [0.15, 0.2) is 0 Å². The third kappa shape index (κ3) is 16.9. The van der Waals surface area contributed by atoms with E-state index >= 15 is 0 Å². The zero-order chi connectivity index (χ0) is 14.9. The molecule has 20 heavy (non-hydrogen) atoms. The van der Waals surface area contributed by atoms with Crippen LogP contribution < -0.4 is 0 Å². The van der Waals surface area contributed by atoms with Crippen molar-refractivity contribution in [3.05, 3.63) is 24.3 Å². The molecule has 0 amide bonds. The molecule has 0 atom stereocenters. The maximum Gasteiger partial charge on any atom is 0.327 e. The van der Waals surface area contributed by atoms with Crippen molar-refractivity contribution < 1.29 is 9.90 Å². The lowest BCUT2D eigenvalue weighted by Crippen LogP contribution is -1.85. The number of rotatable bonds is 14. The molecule has 0 heterocycles. The van der Waals surface area contributed by atoms with E-state index in [-0.39, 0.29) is 0 Å². The first kappa shape index (κ1) is 18.9. The molecule has 2 nitrogen and oxygen atoms in total. The molecule has 0 aromatic rings. The maximum atomic E-state index is 10.2. The van der Waals surface area contributed by atoms with Crippen LogP contribution in [0, 0.1) is 0 Å². The van der Waals surface area contributed by atoms with Crippen LogP contribution in [0.4, 0.5) is 0 Å². The molecule has 0 fully saturated rings. The molecule has 0 unspecified atom stereocenters. The first-order valence-electron chi connectivity index (χ1n) is 8.31. The van der Waals surface area contributed by atoms with E-state index in [1.807, 2.05) is 0 Å². The van der Waals surface area contributed by atoms with Crippen molar-refractivity contribution in [3.8, 4) is 0 Å². The smallest absolute Gasteiger partial charge is 0.327 e. The fraction of sp³-hybridized carbons (Fsp3) is 0.722. The average molecular weight is 280 g/mol. The number of aliphatic carboxylic acids is 1. The minimum atomic E-state index is -0.838. The van der Waals surface area contributed by atoms with Crippen LogP contribution in [0.1, 0.15) is 84.0 Å². The summed E-state index contributed by atoms with van der Waals surface area (Å²) in [5.41, 5.74) is 0. The van der Waals surface area contributed by atoms with Crippen molar-refractivity contribution in [1.29, 1.82) is 0 Å². The Kier molecular flexibility index (Phi) is 15.2. The van der Waals surface area contributed by atoms with Gasteiger partial charge in [-0.05, 0) is 32.1 Å². The molecule has 0 aliphatic carbocycles. The topological polar surface area (TPSA) is 37.3 Å². The van der Waals surface area contributed by atoms with Gasteiger partial charge in [-0.3, -0.25) is 0 Å². The molecular weight excluding hydrogens is 248 g/mol. The van der Waals surface area contributed by atoms with E-state index in [0.29, 0.717) is 0 Å². The molecule has 0 rings (SSSR count). The predicted molar refractivity (Wildman–Crippen MR) is 87.0 cm³/mol. The lowest BCUT2D eigenvalue weighted by molar-refractivity contribution is -0.131. The van der Waals surface area contributed by atoms with Crippen LogP contribution in [0.5, 0.6) is 0 Å². The lowest BCUT2D eigenvalue weighted by Gasteiger charge is -2.01. The highest BCUT2D eigenvalue weighted by Gasteiger charge is 1.92. The number of hydrogen-bond acceptors (Lipinski definition) is 1. The molecule has 0 saturated heterocycles.